The number of benzene rings is 2. The predicted octanol–water partition coefficient (Wildman–Crippen LogP) is 4.67. The van der Waals surface area contributed by atoms with Crippen LogP contribution >= 0.6 is 0 Å². The molecule has 1 aliphatic heterocycles. The number of ether oxygens (including phenoxy) is 1. The Morgan fingerprint density at radius 1 is 1.07 bits per heavy atom. The van der Waals surface area contributed by atoms with Crippen LogP contribution in [0, 0.1) is 5.82 Å². The number of nitrogens with one attached hydrogen (secondary N) is 2. The van der Waals surface area contributed by atoms with E-state index in [0.717, 1.165) is 5.52 Å². The molecule has 2 aromatic heterocycles. The quantitative estimate of drug-likeness (QED) is 0.261. The second-order valence-corrected chi connectivity index (χ2v) is 10.6. The van der Waals surface area contributed by atoms with Crippen LogP contribution < -0.4 is 10.6 Å². The molecule has 0 unspecified atom stereocenters. The molecule has 3 heterocycles. The number of hydrogen-bond acceptors (Lipinski definition) is 6. The van der Waals surface area contributed by atoms with Crippen LogP contribution in [0.3, 0.4) is 0 Å². The molecule has 0 atom stereocenters. The summed E-state index contributed by atoms with van der Waals surface area (Å²) in [6.07, 6.45) is 1.65. The lowest BCUT2D eigenvalue weighted by atomic mass is 9.88. The number of carbonyl (C=O) groups excluding carboxylic acids is 3. The molecule has 1 aliphatic rings. The Kier molecular flexibility index (Phi) is 9.42. The first-order chi connectivity index (χ1) is 21.6. The molecule has 2 aromatic carbocycles. The summed E-state index contributed by atoms with van der Waals surface area (Å²) in [5.41, 5.74) is 2.46. The number of aromatic nitrogens is 3. The number of halogens is 4. The fraction of sp³-hybridized carbons (Fsp3) is 0.323. The van der Waals surface area contributed by atoms with Crippen molar-refractivity contribution in [2.75, 3.05) is 32.1 Å². The van der Waals surface area contributed by atoms with Gasteiger partial charge < -0.3 is 24.8 Å². The highest BCUT2D eigenvalue weighted by Crippen LogP contribution is 2.34. The third-order valence-electron chi connectivity index (χ3n) is 7.74. The molecule has 1 saturated heterocycles. The van der Waals surface area contributed by atoms with Crippen molar-refractivity contribution in [1.82, 2.24) is 24.8 Å². The van der Waals surface area contributed by atoms with Gasteiger partial charge in [0.2, 0.25) is 0 Å². The van der Waals surface area contributed by atoms with Gasteiger partial charge in [-0.15, -0.1) is 0 Å². The maximum Gasteiger partial charge on any atom is 0.471 e. The zero-order valence-corrected chi connectivity index (χ0v) is 24.2. The van der Waals surface area contributed by atoms with Gasteiger partial charge in [0.05, 0.1) is 28.9 Å². The zero-order chi connectivity index (χ0) is 32.1. The van der Waals surface area contributed by atoms with Crippen molar-refractivity contribution in [2.24, 2.45) is 0 Å². The fourth-order valence-corrected chi connectivity index (χ4v) is 5.47. The molecule has 0 spiro atoms. The van der Waals surface area contributed by atoms with Crippen molar-refractivity contribution >= 4 is 34.3 Å². The molecule has 3 amide bonds. The molecule has 14 heteroatoms. The lowest BCUT2D eigenvalue weighted by Gasteiger charge is -2.32. The lowest BCUT2D eigenvalue weighted by molar-refractivity contribution is -0.173. The molecule has 236 valence electrons. The molecule has 0 bridgehead atoms. The van der Waals surface area contributed by atoms with Crippen molar-refractivity contribution in [3.63, 3.8) is 0 Å². The smallest absolute Gasteiger partial charge is 0.383 e. The number of anilines is 1. The van der Waals surface area contributed by atoms with E-state index in [1.165, 1.54) is 36.9 Å². The Balaban J connectivity index is 1.35. The molecule has 0 saturated carbocycles. The van der Waals surface area contributed by atoms with E-state index in [0.29, 0.717) is 66.8 Å². The molecule has 4 aromatic rings. The number of piperidine rings is 1. The van der Waals surface area contributed by atoms with Gasteiger partial charge in [-0.2, -0.15) is 13.2 Å². The number of carbonyl (C=O) groups is 3. The first kappa shape index (κ1) is 31.6. The summed E-state index contributed by atoms with van der Waals surface area (Å²) < 4.78 is 59.6. The van der Waals surface area contributed by atoms with Crippen molar-refractivity contribution in [3.05, 3.63) is 89.4 Å². The van der Waals surface area contributed by atoms with Crippen molar-refractivity contribution in [3.8, 4) is 0 Å². The van der Waals surface area contributed by atoms with Gasteiger partial charge in [-0.05, 0) is 48.1 Å². The second-order valence-electron chi connectivity index (χ2n) is 10.6. The molecule has 5 rings (SSSR count). The van der Waals surface area contributed by atoms with Crippen molar-refractivity contribution in [2.45, 2.75) is 38.0 Å². The third kappa shape index (κ3) is 7.11. The Labute approximate surface area is 255 Å². The van der Waals surface area contributed by atoms with Gasteiger partial charge in [0.1, 0.15) is 12.1 Å². The SMILES string of the molecule is COCCn1cc(C(=O)N2CCC(c3cc(CNC(=O)C(F)(F)F)ccc3F)CC2)c2c(NC(=O)c3cncnc3)cccc21. The monoisotopic (exact) mass is 626 g/mol. The predicted molar refractivity (Wildman–Crippen MR) is 156 cm³/mol. The normalized spacial score (nSPS) is 14.0. The zero-order valence-electron chi connectivity index (χ0n) is 24.2. The topological polar surface area (TPSA) is 118 Å². The highest BCUT2D eigenvalue weighted by atomic mass is 19.4. The molecule has 0 radical (unpaired) electrons. The standard InChI is InChI=1S/C31H30F4N6O4/c1-45-12-11-41-17-23(27-25(3-2-4-26(27)41)39-28(42)21-15-36-18-37-16-21)29(43)40-9-7-20(8-10-40)22-13-19(5-6-24(22)32)14-38-30(44)31(33,34)35/h2-6,13,15-18,20H,7-12,14H2,1H3,(H,38,44)(H,39,42). The molecule has 10 nitrogen and oxygen atoms in total. The van der Waals surface area contributed by atoms with Gasteiger partial charge in [-0.1, -0.05) is 18.2 Å². The lowest BCUT2D eigenvalue weighted by Crippen LogP contribution is -2.38. The maximum atomic E-state index is 14.8. The Morgan fingerprint density at radius 3 is 2.49 bits per heavy atom. The number of alkyl halides is 3. The minimum atomic E-state index is -5.01. The third-order valence-corrected chi connectivity index (χ3v) is 7.74. The highest BCUT2D eigenvalue weighted by Gasteiger charge is 2.38. The number of hydrogen-bond donors (Lipinski definition) is 2. The molecule has 45 heavy (non-hydrogen) atoms. The summed E-state index contributed by atoms with van der Waals surface area (Å²) in [6.45, 7) is 1.07. The van der Waals surface area contributed by atoms with E-state index in [2.05, 4.69) is 15.3 Å². The van der Waals surface area contributed by atoms with Crippen LogP contribution in [0.5, 0.6) is 0 Å². The number of fused-ring (bicyclic) bond motifs is 1. The van der Waals surface area contributed by atoms with Crippen LogP contribution in [0.4, 0.5) is 23.2 Å². The molecule has 0 aliphatic carbocycles. The number of methoxy groups -OCH3 is 1. The van der Waals surface area contributed by atoms with Gasteiger partial charge in [-0.3, -0.25) is 14.4 Å². The van der Waals surface area contributed by atoms with E-state index in [9.17, 15) is 31.9 Å². The van der Waals surface area contributed by atoms with E-state index < -0.39 is 30.4 Å². The van der Waals surface area contributed by atoms with E-state index >= 15 is 0 Å². The average molecular weight is 627 g/mol. The maximum absolute atomic E-state index is 14.8. The van der Waals surface area contributed by atoms with Crippen LogP contribution in [-0.4, -0.2) is 70.1 Å². The van der Waals surface area contributed by atoms with Crippen LogP contribution in [0.15, 0.2) is 61.3 Å². The minimum Gasteiger partial charge on any atom is -0.383 e. The number of amides is 3. The molecular weight excluding hydrogens is 596 g/mol. The molecule has 1 fully saturated rings. The van der Waals surface area contributed by atoms with Gasteiger partial charge in [0.15, 0.2) is 0 Å². The fourth-order valence-electron chi connectivity index (χ4n) is 5.47. The number of rotatable bonds is 9. The largest absolute Gasteiger partial charge is 0.471 e. The first-order valence-electron chi connectivity index (χ1n) is 14.2. The van der Waals surface area contributed by atoms with E-state index in [1.807, 2.05) is 10.6 Å². The summed E-state index contributed by atoms with van der Waals surface area (Å²) in [6, 6.07) is 9.30. The van der Waals surface area contributed by atoms with Crippen LogP contribution in [0.2, 0.25) is 0 Å². The van der Waals surface area contributed by atoms with Gasteiger partial charge >= 0.3 is 12.1 Å². The number of nitrogens with zero attached hydrogens (tertiary/aromatic N) is 4. The van der Waals surface area contributed by atoms with E-state index in [1.54, 1.807) is 35.7 Å². The van der Waals surface area contributed by atoms with Crippen LogP contribution in [-0.2, 0) is 22.6 Å². The van der Waals surface area contributed by atoms with Gasteiger partial charge in [0, 0.05) is 57.3 Å². The Bertz CT molecular complexity index is 1700. The summed E-state index contributed by atoms with van der Waals surface area (Å²) in [4.78, 5) is 47.5. The summed E-state index contributed by atoms with van der Waals surface area (Å²) in [5, 5.41) is 5.23. The van der Waals surface area contributed by atoms with E-state index in [-0.39, 0.29) is 17.4 Å². The highest BCUT2D eigenvalue weighted by molar-refractivity contribution is 6.15. The molecular formula is C31H30F4N6O4. The first-order valence-corrected chi connectivity index (χ1v) is 14.2. The van der Waals surface area contributed by atoms with Crippen molar-refractivity contribution < 1.29 is 36.7 Å². The van der Waals surface area contributed by atoms with Crippen molar-refractivity contribution in [1.29, 1.82) is 0 Å². The average Bonchev–Trinajstić information content (AvgIpc) is 3.42. The Morgan fingerprint density at radius 2 is 1.80 bits per heavy atom. The number of likely N-dealkylation sites (tertiary alicyclic amines) is 1. The summed E-state index contributed by atoms with van der Waals surface area (Å²) in [7, 11) is 1.58. The second kappa shape index (κ2) is 13.4. The Hall–Kier alpha value is -4.85. The van der Waals surface area contributed by atoms with E-state index in [4.69, 9.17) is 4.74 Å². The minimum absolute atomic E-state index is 0.252. The van der Waals surface area contributed by atoms with Gasteiger partial charge in [-0.25, -0.2) is 14.4 Å². The van der Waals surface area contributed by atoms with Crippen LogP contribution in [0.1, 0.15) is 50.6 Å². The summed E-state index contributed by atoms with van der Waals surface area (Å²) in [5.74, 6) is -3.55. The summed E-state index contributed by atoms with van der Waals surface area (Å²) >= 11 is 0. The van der Waals surface area contributed by atoms with Gasteiger partial charge in [0.25, 0.3) is 11.8 Å². The van der Waals surface area contributed by atoms with Crippen LogP contribution in [0.25, 0.3) is 10.9 Å². The molecule has 2 N–H and O–H groups in total.